The van der Waals surface area contributed by atoms with E-state index in [4.69, 9.17) is 0 Å². The Balaban J connectivity index is 1.75. The average Bonchev–Trinajstić information content (AvgIpc) is 3.08. The maximum atomic E-state index is 12.6. The van der Waals surface area contributed by atoms with Crippen LogP contribution in [0.25, 0.3) is 0 Å². The van der Waals surface area contributed by atoms with Crippen molar-refractivity contribution in [1.29, 1.82) is 0 Å². The first-order valence-corrected chi connectivity index (χ1v) is 8.21. The number of hydrogen-bond donors (Lipinski definition) is 1. The minimum Gasteiger partial charge on any atom is -0.317 e. The molecule has 1 aromatic heterocycles. The van der Waals surface area contributed by atoms with Crippen LogP contribution in [0.5, 0.6) is 0 Å². The van der Waals surface area contributed by atoms with Crippen LogP contribution in [0.15, 0.2) is 35.7 Å². The predicted octanol–water partition coefficient (Wildman–Crippen LogP) is 4.73. The van der Waals surface area contributed by atoms with Gasteiger partial charge in [-0.15, -0.1) is 11.3 Å². The molecular formula is C17H20N2OS. The van der Waals surface area contributed by atoms with Crippen molar-refractivity contribution in [2.45, 2.75) is 32.7 Å². The van der Waals surface area contributed by atoms with Gasteiger partial charge in [-0.1, -0.05) is 12.1 Å². The average molecular weight is 300 g/mol. The third-order valence-corrected chi connectivity index (χ3v) is 4.83. The van der Waals surface area contributed by atoms with Gasteiger partial charge >= 0.3 is 6.03 Å². The summed E-state index contributed by atoms with van der Waals surface area (Å²) in [5, 5.41) is 5.13. The van der Waals surface area contributed by atoms with Gasteiger partial charge in [-0.25, -0.2) is 4.79 Å². The second-order valence-corrected chi connectivity index (χ2v) is 6.65. The Hall–Kier alpha value is -1.81. The minimum atomic E-state index is 0.0101. The molecule has 2 heterocycles. The molecule has 3 rings (SSSR count). The van der Waals surface area contributed by atoms with Gasteiger partial charge in [0.25, 0.3) is 0 Å². The van der Waals surface area contributed by atoms with Crippen molar-refractivity contribution < 1.29 is 4.79 Å². The molecule has 1 N–H and O–H groups in total. The molecule has 1 aliphatic rings. The zero-order valence-corrected chi connectivity index (χ0v) is 13.2. The molecule has 110 valence electrons. The summed E-state index contributed by atoms with van der Waals surface area (Å²) < 4.78 is 0. The van der Waals surface area contributed by atoms with E-state index < -0.39 is 0 Å². The van der Waals surface area contributed by atoms with E-state index in [1.54, 1.807) is 11.3 Å². The molecule has 1 fully saturated rings. The number of carbonyl (C=O) groups excluding carboxylic acids is 1. The molecule has 0 bridgehead atoms. The number of rotatable bonds is 2. The Morgan fingerprint density at radius 1 is 1.29 bits per heavy atom. The summed E-state index contributed by atoms with van der Waals surface area (Å²) in [5.74, 6) is 0. The molecule has 0 radical (unpaired) electrons. The topological polar surface area (TPSA) is 32.3 Å². The number of hydrogen-bond acceptors (Lipinski definition) is 2. The van der Waals surface area contributed by atoms with Crippen LogP contribution in [0.1, 0.15) is 34.9 Å². The number of thiophene rings is 1. The fourth-order valence-electron chi connectivity index (χ4n) is 3.03. The van der Waals surface area contributed by atoms with Crippen molar-refractivity contribution in [2.24, 2.45) is 0 Å². The quantitative estimate of drug-likeness (QED) is 0.854. The Morgan fingerprint density at radius 3 is 2.71 bits per heavy atom. The van der Waals surface area contributed by atoms with Gasteiger partial charge in [0.15, 0.2) is 0 Å². The van der Waals surface area contributed by atoms with Gasteiger partial charge in [0.05, 0.1) is 6.04 Å². The van der Waals surface area contributed by atoms with Gasteiger partial charge in [-0.05, 0) is 61.4 Å². The molecule has 1 aromatic carbocycles. The summed E-state index contributed by atoms with van der Waals surface area (Å²) in [7, 11) is 0. The van der Waals surface area contributed by atoms with Crippen molar-refractivity contribution >= 4 is 23.1 Å². The Morgan fingerprint density at radius 2 is 2.05 bits per heavy atom. The Kier molecular flexibility index (Phi) is 3.97. The standard InChI is InChI=1S/C17H20N2OS/c1-12-9-13(2)11-14(10-12)18-17(20)19-7-3-5-15(19)16-6-4-8-21-16/h4,6,8-11,15H,3,5,7H2,1-2H3,(H,18,20)/t15-/m0/s1. The molecule has 0 saturated carbocycles. The van der Waals surface area contributed by atoms with E-state index in [0.717, 1.165) is 25.1 Å². The molecule has 0 spiro atoms. The molecule has 1 saturated heterocycles. The molecule has 0 unspecified atom stereocenters. The number of nitrogens with one attached hydrogen (secondary N) is 1. The maximum absolute atomic E-state index is 12.6. The number of likely N-dealkylation sites (tertiary alicyclic amines) is 1. The fourth-order valence-corrected chi connectivity index (χ4v) is 3.90. The van der Waals surface area contributed by atoms with Crippen molar-refractivity contribution in [3.63, 3.8) is 0 Å². The summed E-state index contributed by atoms with van der Waals surface area (Å²) in [5.41, 5.74) is 3.22. The lowest BCUT2D eigenvalue weighted by atomic mass is 10.1. The first-order valence-electron chi connectivity index (χ1n) is 7.33. The molecule has 4 heteroatoms. The first kappa shape index (κ1) is 14.1. The highest BCUT2D eigenvalue weighted by Crippen LogP contribution is 2.34. The molecule has 2 amide bonds. The lowest BCUT2D eigenvalue weighted by Gasteiger charge is -2.24. The highest BCUT2D eigenvalue weighted by Gasteiger charge is 2.30. The van der Waals surface area contributed by atoms with Gasteiger partial charge in [-0.3, -0.25) is 0 Å². The number of urea groups is 1. The SMILES string of the molecule is Cc1cc(C)cc(NC(=O)N2CCC[C@H]2c2cccs2)c1. The number of nitrogens with zero attached hydrogens (tertiary/aromatic N) is 1. The van der Waals surface area contributed by atoms with E-state index >= 15 is 0 Å². The highest BCUT2D eigenvalue weighted by atomic mass is 32.1. The number of aryl methyl sites for hydroxylation is 2. The lowest BCUT2D eigenvalue weighted by molar-refractivity contribution is 0.208. The lowest BCUT2D eigenvalue weighted by Crippen LogP contribution is -2.34. The Bertz CT molecular complexity index is 616. The third kappa shape index (κ3) is 3.10. The monoisotopic (exact) mass is 300 g/mol. The maximum Gasteiger partial charge on any atom is 0.322 e. The summed E-state index contributed by atoms with van der Waals surface area (Å²) in [4.78, 5) is 15.8. The second-order valence-electron chi connectivity index (χ2n) is 5.67. The van der Waals surface area contributed by atoms with Crippen LogP contribution < -0.4 is 5.32 Å². The molecule has 21 heavy (non-hydrogen) atoms. The van der Waals surface area contributed by atoms with Gasteiger partial charge < -0.3 is 10.2 Å². The first-order chi connectivity index (χ1) is 10.1. The molecule has 1 atom stereocenters. The van der Waals surface area contributed by atoms with Crippen molar-refractivity contribution in [2.75, 3.05) is 11.9 Å². The summed E-state index contributed by atoms with van der Waals surface area (Å²) in [6, 6.07) is 10.6. The Labute approximate surface area is 129 Å². The zero-order valence-electron chi connectivity index (χ0n) is 12.4. The van der Waals surface area contributed by atoms with E-state index in [1.165, 1.54) is 16.0 Å². The minimum absolute atomic E-state index is 0.0101. The van der Waals surface area contributed by atoms with Crippen molar-refractivity contribution in [3.05, 3.63) is 51.7 Å². The number of amides is 2. The van der Waals surface area contributed by atoms with Crippen LogP contribution in [0.3, 0.4) is 0 Å². The normalized spacial score (nSPS) is 18.0. The fraction of sp³-hybridized carbons (Fsp3) is 0.353. The van der Waals surface area contributed by atoms with Crippen LogP contribution in [-0.4, -0.2) is 17.5 Å². The predicted molar refractivity (Wildman–Crippen MR) is 87.9 cm³/mol. The van der Waals surface area contributed by atoms with Crippen LogP contribution in [-0.2, 0) is 0 Å². The number of benzene rings is 1. The summed E-state index contributed by atoms with van der Waals surface area (Å²) in [6.45, 7) is 4.93. The van der Waals surface area contributed by atoms with Crippen LogP contribution in [0.4, 0.5) is 10.5 Å². The number of carbonyl (C=O) groups is 1. The van der Waals surface area contributed by atoms with E-state index in [-0.39, 0.29) is 12.1 Å². The molecule has 1 aliphatic heterocycles. The van der Waals surface area contributed by atoms with Crippen molar-refractivity contribution in [3.8, 4) is 0 Å². The van der Waals surface area contributed by atoms with Crippen LogP contribution >= 0.6 is 11.3 Å². The van der Waals surface area contributed by atoms with Gasteiger partial charge in [0.1, 0.15) is 0 Å². The zero-order chi connectivity index (χ0) is 14.8. The molecule has 0 aliphatic carbocycles. The highest BCUT2D eigenvalue weighted by molar-refractivity contribution is 7.10. The van der Waals surface area contributed by atoms with E-state index in [9.17, 15) is 4.79 Å². The van der Waals surface area contributed by atoms with Crippen LogP contribution in [0.2, 0.25) is 0 Å². The summed E-state index contributed by atoms with van der Waals surface area (Å²) >= 11 is 1.73. The van der Waals surface area contributed by atoms with Crippen molar-refractivity contribution in [1.82, 2.24) is 4.90 Å². The molecule has 2 aromatic rings. The van der Waals surface area contributed by atoms with E-state index in [0.29, 0.717) is 0 Å². The molecule has 3 nitrogen and oxygen atoms in total. The smallest absolute Gasteiger partial charge is 0.317 e. The molecular weight excluding hydrogens is 280 g/mol. The van der Waals surface area contributed by atoms with Gasteiger partial charge in [-0.2, -0.15) is 0 Å². The second kappa shape index (κ2) is 5.90. The van der Waals surface area contributed by atoms with Gasteiger partial charge in [0, 0.05) is 17.1 Å². The summed E-state index contributed by atoms with van der Waals surface area (Å²) in [6.07, 6.45) is 2.13. The third-order valence-electron chi connectivity index (χ3n) is 3.86. The van der Waals surface area contributed by atoms with E-state index in [2.05, 4.69) is 28.9 Å². The largest absolute Gasteiger partial charge is 0.322 e. The van der Waals surface area contributed by atoms with Gasteiger partial charge in [0.2, 0.25) is 0 Å². The number of anilines is 1. The van der Waals surface area contributed by atoms with Crippen LogP contribution in [0, 0.1) is 13.8 Å². The van der Waals surface area contributed by atoms with E-state index in [1.807, 2.05) is 30.9 Å².